The van der Waals surface area contributed by atoms with E-state index in [0.717, 1.165) is 31.4 Å². The van der Waals surface area contributed by atoms with Crippen LogP contribution < -0.4 is 10.6 Å². The number of aromatic nitrogens is 1. The highest BCUT2D eigenvalue weighted by atomic mass is 16.2. The second-order valence-corrected chi connectivity index (χ2v) is 4.73. The van der Waals surface area contributed by atoms with Crippen LogP contribution in [0.15, 0.2) is 24.5 Å². The number of pyridine rings is 1. The fraction of sp³-hybridized carbons (Fsp3) is 0.538. The Balaban J connectivity index is 1.77. The molecule has 1 aromatic rings. The van der Waals surface area contributed by atoms with Crippen LogP contribution in [-0.4, -0.2) is 29.5 Å². The van der Waals surface area contributed by atoms with Gasteiger partial charge in [0.05, 0.1) is 5.54 Å². The van der Waals surface area contributed by atoms with E-state index < -0.39 is 0 Å². The Morgan fingerprint density at radius 1 is 1.65 bits per heavy atom. The van der Waals surface area contributed by atoms with E-state index in [1.54, 1.807) is 6.20 Å². The molecule has 0 aromatic carbocycles. The molecule has 2 heterocycles. The van der Waals surface area contributed by atoms with Crippen LogP contribution in [0.5, 0.6) is 0 Å². The lowest BCUT2D eigenvalue weighted by Crippen LogP contribution is -2.51. The van der Waals surface area contributed by atoms with Crippen LogP contribution in [0.2, 0.25) is 0 Å². The summed E-state index contributed by atoms with van der Waals surface area (Å²) in [6.45, 7) is 3.58. The van der Waals surface area contributed by atoms with Gasteiger partial charge in [0.15, 0.2) is 0 Å². The highest BCUT2D eigenvalue weighted by molar-refractivity contribution is 5.86. The van der Waals surface area contributed by atoms with Gasteiger partial charge in [-0.15, -0.1) is 0 Å². The van der Waals surface area contributed by atoms with E-state index in [2.05, 4.69) is 15.6 Å². The van der Waals surface area contributed by atoms with Crippen LogP contribution in [0.4, 0.5) is 0 Å². The van der Waals surface area contributed by atoms with Crippen LogP contribution >= 0.6 is 0 Å². The Morgan fingerprint density at radius 3 is 3.18 bits per heavy atom. The Hall–Kier alpha value is -1.42. The number of nitrogens with zero attached hydrogens (tertiary/aromatic N) is 1. The first-order valence-corrected chi connectivity index (χ1v) is 6.13. The third-order valence-corrected chi connectivity index (χ3v) is 3.29. The monoisotopic (exact) mass is 233 g/mol. The molecular formula is C13H19N3O. The standard InChI is InChI=1S/C13H19N3O/c1-13(6-3-8-16-13)12(17)15-9-5-11-4-2-7-14-10-11/h2,4,7,10,16H,3,5-6,8-9H2,1H3,(H,15,17). The van der Waals surface area contributed by atoms with Gasteiger partial charge in [-0.2, -0.15) is 0 Å². The Morgan fingerprint density at radius 2 is 2.53 bits per heavy atom. The van der Waals surface area contributed by atoms with Crippen molar-refractivity contribution in [3.8, 4) is 0 Å². The van der Waals surface area contributed by atoms with Crippen molar-refractivity contribution in [1.82, 2.24) is 15.6 Å². The van der Waals surface area contributed by atoms with Crippen molar-refractivity contribution in [1.29, 1.82) is 0 Å². The molecule has 2 N–H and O–H groups in total. The summed E-state index contributed by atoms with van der Waals surface area (Å²) in [5.41, 5.74) is 0.784. The van der Waals surface area contributed by atoms with Gasteiger partial charge < -0.3 is 10.6 Å². The molecule has 1 saturated heterocycles. The molecule has 2 rings (SSSR count). The lowest BCUT2D eigenvalue weighted by atomic mass is 9.99. The maximum atomic E-state index is 12.0. The van der Waals surface area contributed by atoms with E-state index in [9.17, 15) is 4.79 Å². The van der Waals surface area contributed by atoms with Gasteiger partial charge in [0.25, 0.3) is 0 Å². The highest BCUT2D eigenvalue weighted by Crippen LogP contribution is 2.18. The SMILES string of the molecule is CC1(C(=O)NCCc2cccnc2)CCCN1. The largest absolute Gasteiger partial charge is 0.354 e. The smallest absolute Gasteiger partial charge is 0.240 e. The van der Waals surface area contributed by atoms with Gasteiger partial charge in [0.2, 0.25) is 5.91 Å². The Labute approximate surface area is 102 Å². The molecule has 1 unspecified atom stereocenters. The van der Waals surface area contributed by atoms with Crippen molar-refractivity contribution < 1.29 is 4.79 Å². The molecule has 1 aliphatic rings. The van der Waals surface area contributed by atoms with Crippen molar-refractivity contribution in [2.45, 2.75) is 31.7 Å². The first-order chi connectivity index (χ1) is 8.21. The van der Waals surface area contributed by atoms with E-state index in [1.165, 1.54) is 0 Å². The molecule has 1 fully saturated rings. The summed E-state index contributed by atoms with van der Waals surface area (Å²) in [7, 11) is 0. The number of hydrogen-bond acceptors (Lipinski definition) is 3. The number of carbonyl (C=O) groups excluding carboxylic acids is 1. The predicted molar refractivity (Wildman–Crippen MR) is 66.6 cm³/mol. The van der Waals surface area contributed by atoms with Crippen LogP contribution in [-0.2, 0) is 11.2 Å². The average molecular weight is 233 g/mol. The number of carbonyl (C=O) groups is 1. The first kappa shape index (κ1) is 12.0. The molecule has 0 bridgehead atoms. The van der Waals surface area contributed by atoms with Crippen molar-refractivity contribution >= 4 is 5.91 Å². The summed E-state index contributed by atoms with van der Waals surface area (Å²) in [5, 5.41) is 6.24. The fourth-order valence-electron chi connectivity index (χ4n) is 2.15. The number of amides is 1. The number of hydrogen-bond donors (Lipinski definition) is 2. The molecule has 92 valence electrons. The quantitative estimate of drug-likeness (QED) is 0.812. The summed E-state index contributed by atoms with van der Waals surface area (Å²) < 4.78 is 0. The van der Waals surface area contributed by atoms with Gasteiger partial charge in [-0.05, 0) is 44.4 Å². The molecule has 1 aromatic heterocycles. The van der Waals surface area contributed by atoms with Gasteiger partial charge in [-0.1, -0.05) is 6.07 Å². The van der Waals surface area contributed by atoms with Crippen LogP contribution in [0.25, 0.3) is 0 Å². The zero-order chi connectivity index (χ0) is 12.1. The van der Waals surface area contributed by atoms with Gasteiger partial charge in [-0.3, -0.25) is 9.78 Å². The van der Waals surface area contributed by atoms with Crippen molar-refractivity contribution in [2.24, 2.45) is 0 Å². The summed E-state index contributed by atoms with van der Waals surface area (Å²) in [4.78, 5) is 16.0. The fourth-order valence-corrected chi connectivity index (χ4v) is 2.15. The normalized spacial score (nSPS) is 23.6. The maximum absolute atomic E-state index is 12.0. The van der Waals surface area contributed by atoms with Gasteiger partial charge >= 0.3 is 0 Å². The topological polar surface area (TPSA) is 54.0 Å². The third kappa shape index (κ3) is 3.03. The summed E-state index contributed by atoms with van der Waals surface area (Å²) in [6, 6.07) is 3.94. The molecule has 4 nitrogen and oxygen atoms in total. The van der Waals surface area contributed by atoms with Crippen molar-refractivity contribution in [2.75, 3.05) is 13.1 Å². The first-order valence-electron chi connectivity index (χ1n) is 6.13. The maximum Gasteiger partial charge on any atom is 0.240 e. The minimum Gasteiger partial charge on any atom is -0.354 e. The van der Waals surface area contributed by atoms with Gasteiger partial charge in [0, 0.05) is 18.9 Å². The molecule has 4 heteroatoms. The van der Waals surface area contributed by atoms with E-state index in [0.29, 0.717) is 6.54 Å². The summed E-state index contributed by atoms with van der Waals surface area (Å²) in [6.07, 6.45) is 6.42. The zero-order valence-electron chi connectivity index (χ0n) is 10.2. The summed E-state index contributed by atoms with van der Waals surface area (Å²) >= 11 is 0. The Kier molecular flexibility index (Phi) is 3.74. The third-order valence-electron chi connectivity index (χ3n) is 3.29. The van der Waals surface area contributed by atoms with E-state index >= 15 is 0 Å². The molecule has 0 saturated carbocycles. The van der Waals surface area contributed by atoms with Crippen molar-refractivity contribution in [3.05, 3.63) is 30.1 Å². The molecule has 1 atom stereocenters. The van der Waals surface area contributed by atoms with Crippen LogP contribution in [0.1, 0.15) is 25.3 Å². The molecule has 0 spiro atoms. The predicted octanol–water partition coefficient (Wildman–Crippen LogP) is 0.882. The summed E-state index contributed by atoms with van der Waals surface area (Å²) in [5.74, 6) is 0.110. The second-order valence-electron chi connectivity index (χ2n) is 4.73. The van der Waals surface area contributed by atoms with E-state index in [1.807, 2.05) is 25.3 Å². The number of rotatable bonds is 4. The molecule has 1 aliphatic heterocycles. The average Bonchev–Trinajstić information content (AvgIpc) is 2.79. The lowest BCUT2D eigenvalue weighted by Gasteiger charge is -2.22. The van der Waals surface area contributed by atoms with E-state index in [-0.39, 0.29) is 11.4 Å². The van der Waals surface area contributed by atoms with Gasteiger partial charge in [0.1, 0.15) is 0 Å². The van der Waals surface area contributed by atoms with Gasteiger partial charge in [-0.25, -0.2) is 0 Å². The molecule has 1 amide bonds. The Bertz CT molecular complexity index is 372. The number of nitrogens with one attached hydrogen (secondary N) is 2. The molecular weight excluding hydrogens is 214 g/mol. The van der Waals surface area contributed by atoms with Crippen LogP contribution in [0, 0.1) is 0 Å². The lowest BCUT2D eigenvalue weighted by molar-refractivity contribution is -0.126. The zero-order valence-corrected chi connectivity index (χ0v) is 10.2. The molecule has 17 heavy (non-hydrogen) atoms. The minimum absolute atomic E-state index is 0.110. The molecule has 0 aliphatic carbocycles. The highest BCUT2D eigenvalue weighted by Gasteiger charge is 2.35. The minimum atomic E-state index is -0.366. The van der Waals surface area contributed by atoms with E-state index in [4.69, 9.17) is 0 Å². The molecule has 0 radical (unpaired) electrons. The van der Waals surface area contributed by atoms with Crippen LogP contribution in [0.3, 0.4) is 0 Å². The second kappa shape index (κ2) is 5.27. The van der Waals surface area contributed by atoms with Crippen molar-refractivity contribution in [3.63, 3.8) is 0 Å².